The molecule has 1 atom stereocenters. The molecule has 0 bridgehead atoms. The van der Waals surface area contributed by atoms with Crippen molar-refractivity contribution in [2.75, 3.05) is 19.7 Å². The number of hydrogen-bond donors (Lipinski definition) is 2. The van der Waals surface area contributed by atoms with Gasteiger partial charge in [0.1, 0.15) is 0 Å². The minimum atomic E-state index is -0.0635. The topological polar surface area (TPSA) is 45.7 Å². The van der Waals surface area contributed by atoms with E-state index < -0.39 is 0 Å². The zero-order valence-electron chi connectivity index (χ0n) is 13.2. The van der Waals surface area contributed by atoms with Crippen LogP contribution in [-0.2, 0) is 11.3 Å². The molecule has 0 spiro atoms. The van der Waals surface area contributed by atoms with Crippen molar-refractivity contribution in [3.8, 4) is 0 Å². The lowest BCUT2D eigenvalue weighted by atomic mass is 10.0. The summed E-state index contributed by atoms with van der Waals surface area (Å²) in [6.45, 7) is 7.39. The Bertz CT molecular complexity index is 490. The second-order valence-electron chi connectivity index (χ2n) is 5.58. The molecule has 1 fully saturated rings. The summed E-state index contributed by atoms with van der Waals surface area (Å²) in [4.78, 5) is 4.63. The fraction of sp³-hybridized carbons (Fsp3) is 0.562. The van der Waals surface area contributed by atoms with Crippen molar-refractivity contribution in [2.45, 2.75) is 38.8 Å². The molecular weight excluding hydrogens is 457 g/mol. The maximum Gasteiger partial charge on any atom is 0.191 e. The highest BCUT2D eigenvalue weighted by molar-refractivity contribution is 14.0. The quantitative estimate of drug-likeness (QED) is 0.383. The van der Waals surface area contributed by atoms with E-state index in [1.807, 2.05) is 12.1 Å². The number of ether oxygens (including phenoxy) is 1. The average molecular weight is 482 g/mol. The Morgan fingerprint density at radius 3 is 2.86 bits per heavy atom. The molecule has 0 aromatic heterocycles. The van der Waals surface area contributed by atoms with Crippen LogP contribution in [0.3, 0.4) is 0 Å². The van der Waals surface area contributed by atoms with Crippen LogP contribution in [0.1, 0.15) is 32.3 Å². The van der Waals surface area contributed by atoms with Gasteiger partial charge in [0.15, 0.2) is 5.96 Å². The molecule has 22 heavy (non-hydrogen) atoms. The van der Waals surface area contributed by atoms with Gasteiger partial charge in [-0.15, -0.1) is 24.0 Å². The molecule has 0 aliphatic carbocycles. The van der Waals surface area contributed by atoms with E-state index in [2.05, 4.69) is 57.5 Å². The zero-order chi connectivity index (χ0) is 15.1. The van der Waals surface area contributed by atoms with Gasteiger partial charge in [0, 0.05) is 24.2 Å². The molecular formula is C16H25BrIN3O. The molecule has 0 amide bonds. The number of benzene rings is 1. The Kier molecular flexibility index (Phi) is 8.71. The first kappa shape index (κ1) is 19.7. The van der Waals surface area contributed by atoms with E-state index in [1.54, 1.807) is 0 Å². The predicted octanol–water partition coefficient (Wildman–Crippen LogP) is 3.69. The van der Waals surface area contributed by atoms with Crippen LogP contribution in [0.15, 0.2) is 33.7 Å². The minimum Gasteiger partial charge on any atom is -0.373 e. The van der Waals surface area contributed by atoms with Crippen molar-refractivity contribution >= 4 is 45.9 Å². The van der Waals surface area contributed by atoms with Gasteiger partial charge in [-0.2, -0.15) is 0 Å². The van der Waals surface area contributed by atoms with E-state index >= 15 is 0 Å². The minimum absolute atomic E-state index is 0. The fourth-order valence-electron chi connectivity index (χ4n) is 2.39. The summed E-state index contributed by atoms with van der Waals surface area (Å²) in [6.07, 6.45) is 2.24. The number of hydrogen-bond acceptors (Lipinski definition) is 2. The Morgan fingerprint density at radius 2 is 2.23 bits per heavy atom. The highest BCUT2D eigenvalue weighted by Crippen LogP contribution is 2.23. The van der Waals surface area contributed by atoms with Crippen LogP contribution in [0.25, 0.3) is 0 Å². The average Bonchev–Trinajstić information content (AvgIpc) is 2.89. The van der Waals surface area contributed by atoms with Crippen molar-refractivity contribution in [3.63, 3.8) is 0 Å². The molecule has 124 valence electrons. The smallest absolute Gasteiger partial charge is 0.191 e. The Labute approximate surface area is 158 Å². The summed E-state index contributed by atoms with van der Waals surface area (Å²) >= 11 is 3.49. The molecule has 0 saturated carbocycles. The van der Waals surface area contributed by atoms with Crippen LogP contribution in [0.2, 0.25) is 0 Å². The maximum atomic E-state index is 5.80. The van der Waals surface area contributed by atoms with Gasteiger partial charge in [-0.1, -0.05) is 28.1 Å². The SMILES string of the molecule is CCNC(=NCc1cccc(Br)c1)NCC1(C)CCCO1.I. The molecule has 1 unspecified atom stereocenters. The Morgan fingerprint density at radius 1 is 1.41 bits per heavy atom. The molecule has 0 radical (unpaired) electrons. The zero-order valence-corrected chi connectivity index (χ0v) is 17.1. The van der Waals surface area contributed by atoms with Crippen molar-refractivity contribution < 1.29 is 4.74 Å². The first-order valence-corrected chi connectivity index (χ1v) is 8.31. The summed E-state index contributed by atoms with van der Waals surface area (Å²) in [5.74, 6) is 0.842. The van der Waals surface area contributed by atoms with Crippen molar-refractivity contribution in [3.05, 3.63) is 34.3 Å². The van der Waals surface area contributed by atoms with Crippen molar-refractivity contribution in [2.24, 2.45) is 4.99 Å². The van der Waals surface area contributed by atoms with E-state index in [0.717, 1.165) is 43.0 Å². The third-order valence-electron chi connectivity index (χ3n) is 3.58. The van der Waals surface area contributed by atoms with Crippen molar-refractivity contribution in [1.82, 2.24) is 10.6 Å². The van der Waals surface area contributed by atoms with Gasteiger partial charge >= 0.3 is 0 Å². The first-order valence-electron chi connectivity index (χ1n) is 7.52. The van der Waals surface area contributed by atoms with E-state index in [1.165, 1.54) is 5.56 Å². The summed E-state index contributed by atoms with van der Waals surface area (Å²) in [6, 6.07) is 8.23. The molecule has 4 nitrogen and oxygen atoms in total. The first-order chi connectivity index (χ1) is 10.1. The molecule has 1 aliphatic rings. The lowest BCUT2D eigenvalue weighted by Crippen LogP contribution is -2.45. The van der Waals surface area contributed by atoms with E-state index in [-0.39, 0.29) is 29.6 Å². The number of nitrogens with zero attached hydrogens (tertiary/aromatic N) is 1. The lowest BCUT2D eigenvalue weighted by Gasteiger charge is -2.24. The van der Waals surface area contributed by atoms with Crippen LogP contribution >= 0.6 is 39.9 Å². The number of guanidine groups is 1. The number of halogens is 2. The number of rotatable bonds is 5. The standard InChI is InChI=1S/C16H24BrN3O.HI/c1-3-18-15(20-12-16(2)8-5-9-21-16)19-11-13-6-4-7-14(17)10-13;/h4,6-7,10H,3,5,8-9,11-12H2,1-2H3,(H2,18,19,20);1H. The van der Waals surface area contributed by atoms with Gasteiger partial charge in [0.2, 0.25) is 0 Å². The van der Waals surface area contributed by atoms with Crippen LogP contribution < -0.4 is 10.6 Å². The van der Waals surface area contributed by atoms with Crippen LogP contribution in [-0.4, -0.2) is 31.3 Å². The predicted molar refractivity (Wildman–Crippen MR) is 106 cm³/mol. The van der Waals surface area contributed by atoms with Gasteiger partial charge < -0.3 is 15.4 Å². The van der Waals surface area contributed by atoms with Crippen molar-refractivity contribution in [1.29, 1.82) is 0 Å². The molecule has 1 aromatic rings. The third kappa shape index (κ3) is 6.42. The van der Waals surface area contributed by atoms with Crippen LogP contribution in [0, 0.1) is 0 Å². The highest BCUT2D eigenvalue weighted by atomic mass is 127. The van der Waals surface area contributed by atoms with E-state index in [9.17, 15) is 0 Å². The molecule has 1 aromatic carbocycles. The van der Waals surface area contributed by atoms with Gasteiger partial charge in [-0.25, -0.2) is 4.99 Å². The Balaban J connectivity index is 0.00000242. The largest absolute Gasteiger partial charge is 0.373 e. The van der Waals surface area contributed by atoms with Gasteiger partial charge in [-0.3, -0.25) is 0 Å². The lowest BCUT2D eigenvalue weighted by molar-refractivity contribution is 0.0243. The molecule has 1 saturated heterocycles. The molecule has 6 heteroatoms. The number of nitrogens with one attached hydrogen (secondary N) is 2. The summed E-state index contributed by atoms with van der Waals surface area (Å²) in [7, 11) is 0. The molecule has 1 heterocycles. The Hall–Kier alpha value is -0.340. The normalized spacial score (nSPS) is 21.3. The number of aliphatic imine (C=N–C) groups is 1. The van der Waals surface area contributed by atoms with Crippen LogP contribution in [0.5, 0.6) is 0 Å². The second kappa shape index (κ2) is 9.72. The monoisotopic (exact) mass is 481 g/mol. The third-order valence-corrected chi connectivity index (χ3v) is 4.08. The second-order valence-corrected chi connectivity index (χ2v) is 6.50. The summed E-state index contributed by atoms with van der Waals surface area (Å²) in [5.41, 5.74) is 1.12. The maximum absolute atomic E-state index is 5.80. The van der Waals surface area contributed by atoms with Crippen LogP contribution in [0.4, 0.5) is 0 Å². The molecule has 2 rings (SSSR count). The van der Waals surface area contributed by atoms with E-state index in [4.69, 9.17) is 4.74 Å². The molecule has 1 aliphatic heterocycles. The summed E-state index contributed by atoms with van der Waals surface area (Å²) < 4.78 is 6.88. The van der Waals surface area contributed by atoms with Gasteiger partial charge in [-0.05, 0) is 44.4 Å². The summed E-state index contributed by atoms with van der Waals surface area (Å²) in [5, 5.41) is 6.67. The highest BCUT2D eigenvalue weighted by Gasteiger charge is 2.29. The molecule has 2 N–H and O–H groups in total. The fourth-order valence-corrected chi connectivity index (χ4v) is 2.84. The van der Waals surface area contributed by atoms with E-state index in [0.29, 0.717) is 6.54 Å². The van der Waals surface area contributed by atoms with Gasteiger partial charge in [0.25, 0.3) is 0 Å². The van der Waals surface area contributed by atoms with Gasteiger partial charge in [0.05, 0.1) is 12.1 Å².